The van der Waals surface area contributed by atoms with Gasteiger partial charge in [0.2, 0.25) is 15.9 Å². The second-order valence-corrected chi connectivity index (χ2v) is 7.53. The maximum Gasteiger partial charge on any atom is 0.241 e. The molecule has 2 rings (SSSR count). The first-order valence-electron chi connectivity index (χ1n) is 7.29. The van der Waals surface area contributed by atoms with E-state index in [1.165, 1.54) is 13.0 Å². The molecule has 0 heterocycles. The third-order valence-corrected chi connectivity index (χ3v) is 4.64. The van der Waals surface area contributed by atoms with Crippen LogP contribution in [0, 0.1) is 5.82 Å². The van der Waals surface area contributed by atoms with Crippen LogP contribution in [0.3, 0.4) is 0 Å². The molecular weight excluding hydrogens is 307 g/mol. The molecule has 0 unspecified atom stereocenters. The summed E-state index contributed by atoms with van der Waals surface area (Å²) in [6.45, 7) is 1.67. The smallest absolute Gasteiger partial charge is 0.241 e. The fourth-order valence-corrected chi connectivity index (χ4v) is 3.26. The molecule has 1 atom stereocenters. The van der Waals surface area contributed by atoms with Gasteiger partial charge in [-0.15, -0.1) is 0 Å². The number of nitrogens with one attached hydrogen (secondary N) is 1. The lowest BCUT2D eigenvalue weighted by atomic mass is 9.90. The minimum absolute atomic E-state index is 0.0518. The first-order chi connectivity index (χ1) is 10.3. The summed E-state index contributed by atoms with van der Waals surface area (Å²) in [7, 11) is -3.47. The van der Waals surface area contributed by atoms with Crippen LogP contribution in [0.4, 0.5) is 4.39 Å². The summed E-state index contributed by atoms with van der Waals surface area (Å²) < 4.78 is 38.7. The van der Waals surface area contributed by atoms with Gasteiger partial charge in [0, 0.05) is 18.2 Å². The van der Waals surface area contributed by atoms with E-state index in [0.717, 1.165) is 25.5 Å². The van der Waals surface area contributed by atoms with Crippen molar-refractivity contribution < 1.29 is 17.6 Å². The van der Waals surface area contributed by atoms with E-state index < -0.39 is 16.1 Å². The number of rotatable bonds is 6. The SMILES string of the molecule is C[C@@H](NS(C)(=O)=O)C(=O)N(Cc1ccccc1F)C1CCC1. The molecule has 1 amide bonds. The summed E-state index contributed by atoms with van der Waals surface area (Å²) in [6.07, 6.45) is 3.78. The Labute approximate surface area is 130 Å². The minimum Gasteiger partial charge on any atom is -0.334 e. The Kier molecular flexibility index (Phi) is 5.18. The zero-order valence-electron chi connectivity index (χ0n) is 12.8. The van der Waals surface area contributed by atoms with Gasteiger partial charge in [0.15, 0.2) is 0 Å². The van der Waals surface area contributed by atoms with Crippen molar-refractivity contribution in [3.05, 3.63) is 35.6 Å². The Morgan fingerprint density at radius 1 is 1.41 bits per heavy atom. The molecule has 0 bridgehead atoms. The number of hydrogen-bond acceptors (Lipinski definition) is 3. The Balaban J connectivity index is 2.16. The van der Waals surface area contributed by atoms with Gasteiger partial charge in [-0.3, -0.25) is 4.79 Å². The van der Waals surface area contributed by atoms with Crippen molar-refractivity contribution in [2.24, 2.45) is 0 Å². The molecule has 0 aromatic heterocycles. The van der Waals surface area contributed by atoms with E-state index in [1.54, 1.807) is 23.1 Å². The lowest BCUT2D eigenvalue weighted by Crippen LogP contribution is -2.51. The van der Waals surface area contributed by atoms with E-state index in [2.05, 4.69) is 4.72 Å². The summed E-state index contributed by atoms with van der Waals surface area (Å²) in [4.78, 5) is 14.1. The number of hydrogen-bond donors (Lipinski definition) is 1. The van der Waals surface area contributed by atoms with Crippen LogP contribution < -0.4 is 4.72 Å². The van der Waals surface area contributed by atoms with Gasteiger partial charge in [-0.1, -0.05) is 18.2 Å². The number of halogens is 1. The van der Waals surface area contributed by atoms with Gasteiger partial charge < -0.3 is 4.90 Å². The highest BCUT2D eigenvalue weighted by Crippen LogP contribution is 2.27. The number of amides is 1. The van der Waals surface area contributed by atoms with Gasteiger partial charge in [-0.2, -0.15) is 0 Å². The molecule has 1 aliphatic rings. The first kappa shape index (κ1) is 16.9. The van der Waals surface area contributed by atoms with Crippen LogP contribution in [-0.2, 0) is 21.4 Å². The van der Waals surface area contributed by atoms with Gasteiger partial charge in [-0.05, 0) is 32.3 Å². The number of sulfonamides is 1. The highest BCUT2D eigenvalue weighted by atomic mass is 32.2. The van der Waals surface area contributed by atoms with Crippen molar-refractivity contribution in [1.82, 2.24) is 9.62 Å². The van der Waals surface area contributed by atoms with Crippen LogP contribution in [0.25, 0.3) is 0 Å². The quantitative estimate of drug-likeness (QED) is 0.863. The standard InChI is InChI=1S/C15H21FN2O3S/c1-11(17-22(2,20)21)15(19)18(13-7-5-8-13)10-12-6-3-4-9-14(12)16/h3-4,6,9,11,13,17H,5,7-8,10H2,1-2H3/t11-/m1/s1. The molecule has 1 aliphatic carbocycles. The zero-order valence-corrected chi connectivity index (χ0v) is 13.6. The second kappa shape index (κ2) is 6.75. The number of benzene rings is 1. The summed E-state index contributed by atoms with van der Waals surface area (Å²) in [5.41, 5.74) is 0.439. The summed E-state index contributed by atoms with van der Waals surface area (Å²) in [5.74, 6) is -0.679. The van der Waals surface area contributed by atoms with Crippen molar-refractivity contribution in [1.29, 1.82) is 0 Å². The molecule has 1 fully saturated rings. The molecule has 0 spiro atoms. The van der Waals surface area contributed by atoms with Crippen LogP contribution in [0.2, 0.25) is 0 Å². The zero-order chi connectivity index (χ0) is 16.3. The van der Waals surface area contributed by atoms with Gasteiger partial charge in [0.1, 0.15) is 5.82 Å². The molecule has 1 aromatic rings. The largest absolute Gasteiger partial charge is 0.334 e. The lowest BCUT2D eigenvalue weighted by molar-refractivity contribution is -0.137. The van der Waals surface area contributed by atoms with Gasteiger partial charge in [-0.25, -0.2) is 17.5 Å². The molecule has 22 heavy (non-hydrogen) atoms. The second-order valence-electron chi connectivity index (χ2n) is 5.75. The molecule has 0 radical (unpaired) electrons. The van der Waals surface area contributed by atoms with Crippen LogP contribution >= 0.6 is 0 Å². The Morgan fingerprint density at radius 3 is 2.55 bits per heavy atom. The van der Waals surface area contributed by atoms with Crippen LogP contribution in [0.15, 0.2) is 24.3 Å². The average molecular weight is 328 g/mol. The predicted octanol–water partition coefficient (Wildman–Crippen LogP) is 1.64. The van der Waals surface area contributed by atoms with Gasteiger partial charge in [0.05, 0.1) is 12.3 Å². The van der Waals surface area contributed by atoms with Crippen LogP contribution in [0.1, 0.15) is 31.7 Å². The molecule has 1 N–H and O–H groups in total. The third kappa shape index (κ3) is 4.27. The van der Waals surface area contributed by atoms with E-state index in [9.17, 15) is 17.6 Å². The summed E-state index contributed by atoms with van der Waals surface area (Å²) >= 11 is 0. The molecule has 1 saturated carbocycles. The van der Waals surface area contributed by atoms with Crippen LogP contribution in [-0.4, -0.2) is 37.6 Å². The van der Waals surface area contributed by atoms with E-state index in [4.69, 9.17) is 0 Å². The maximum absolute atomic E-state index is 13.8. The summed E-state index contributed by atoms with van der Waals surface area (Å²) in [6, 6.07) is 5.51. The fraction of sp³-hybridized carbons (Fsp3) is 0.533. The number of nitrogens with zero attached hydrogens (tertiary/aromatic N) is 1. The first-order valence-corrected chi connectivity index (χ1v) is 9.18. The highest BCUT2D eigenvalue weighted by molar-refractivity contribution is 7.88. The Hall–Kier alpha value is -1.47. The molecule has 7 heteroatoms. The third-order valence-electron chi connectivity index (χ3n) is 3.86. The van der Waals surface area contributed by atoms with Gasteiger partial charge >= 0.3 is 0 Å². The lowest BCUT2D eigenvalue weighted by Gasteiger charge is -2.39. The summed E-state index contributed by atoms with van der Waals surface area (Å²) in [5, 5.41) is 0. The molecule has 0 saturated heterocycles. The average Bonchev–Trinajstić information content (AvgIpc) is 2.35. The van der Waals surface area contributed by atoms with Crippen molar-refractivity contribution in [2.45, 2.75) is 44.8 Å². The normalized spacial score (nSPS) is 16.9. The topological polar surface area (TPSA) is 66.5 Å². The van der Waals surface area contributed by atoms with Crippen molar-refractivity contribution in [3.8, 4) is 0 Å². The fourth-order valence-electron chi connectivity index (χ4n) is 2.52. The van der Waals surface area contributed by atoms with Crippen molar-refractivity contribution >= 4 is 15.9 Å². The number of carbonyl (C=O) groups is 1. The Bertz CT molecular complexity index is 644. The van der Waals surface area contributed by atoms with E-state index in [0.29, 0.717) is 5.56 Å². The van der Waals surface area contributed by atoms with Crippen molar-refractivity contribution in [2.75, 3.05) is 6.26 Å². The molecule has 122 valence electrons. The molecule has 1 aromatic carbocycles. The number of carbonyl (C=O) groups excluding carboxylic acids is 1. The minimum atomic E-state index is -3.47. The predicted molar refractivity (Wildman–Crippen MR) is 82.0 cm³/mol. The molecule has 5 nitrogen and oxygen atoms in total. The molecular formula is C15H21FN2O3S. The van der Waals surface area contributed by atoms with E-state index in [1.807, 2.05) is 0 Å². The van der Waals surface area contributed by atoms with Gasteiger partial charge in [0.25, 0.3) is 0 Å². The monoisotopic (exact) mass is 328 g/mol. The highest BCUT2D eigenvalue weighted by Gasteiger charge is 2.32. The Morgan fingerprint density at radius 2 is 2.05 bits per heavy atom. The van der Waals surface area contributed by atoms with E-state index >= 15 is 0 Å². The maximum atomic E-state index is 13.8. The molecule has 0 aliphatic heterocycles. The van der Waals surface area contributed by atoms with Crippen molar-refractivity contribution in [3.63, 3.8) is 0 Å². The van der Waals surface area contributed by atoms with E-state index in [-0.39, 0.29) is 24.3 Å². The van der Waals surface area contributed by atoms with Crippen LogP contribution in [0.5, 0.6) is 0 Å².